The number of rotatable bonds is 7. The minimum atomic E-state index is -4.49. The molecule has 2 rings (SSSR count). The topological polar surface area (TPSA) is 84.2 Å². The second-order valence-corrected chi connectivity index (χ2v) is 6.98. The maximum Gasteiger partial charge on any atom is 0.416 e. The third-order valence-electron chi connectivity index (χ3n) is 4.29. The van der Waals surface area contributed by atoms with E-state index < -0.39 is 29.5 Å². The molecule has 0 saturated heterocycles. The van der Waals surface area contributed by atoms with E-state index in [1.807, 2.05) is 13.8 Å². The van der Waals surface area contributed by atoms with E-state index >= 15 is 0 Å². The zero-order valence-corrected chi connectivity index (χ0v) is 15.7. The third-order valence-corrected chi connectivity index (χ3v) is 4.29. The van der Waals surface area contributed by atoms with Gasteiger partial charge < -0.3 is 10.4 Å². The molecule has 0 spiro atoms. The normalized spacial score (nSPS) is 12.8. The number of carboxylic acids is 1. The van der Waals surface area contributed by atoms with Crippen LogP contribution >= 0.6 is 0 Å². The van der Waals surface area contributed by atoms with E-state index in [9.17, 15) is 27.9 Å². The number of carbonyl (C=O) groups excluding carboxylic acids is 1. The summed E-state index contributed by atoms with van der Waals surface area (Å²) in [5.41, 5.74) is -0.114. The first-order valence-corrected chi connectivity index (χ1v) is 8.74. The van der Waals surface area contributed by atoms with E-state index in [0.717, 1.165) is 12.1 Å². The molecule has 1 unspecified atom stereocenters. The van der Waals surface area contributed by atoms with Crippen LogP contribution in [0.15, 0.2) is 30.5 Å². The van der Waals surface area contributed by atoms with Gasteiger partial charge in [-0.15, -0.1) is 0 Å². The fraction of sp³-hybridized carbons (Fsp3) is 0.421. The van der Waals surface area contributed by atoms with Gasteiger partial charge in [0, 0.05) is 6.54 Å². The fourth-order valence-corrected chi connectivity index (χ4v) is 2.86. The van der Waals surface area contributed by atoms with E-state index in [1.54, 1.807) is 6.92 Å². The van der Waals surface area contributed by atoms with Crippen LogP contribution in [0.3, 0.4) is 0 Å². The Hall–Kier alpha value is -2.84. The van der Waals surface area contributed by atoms with Gasteiger partial charge in [0.15, 0.2) is 0 Å². The molecule has 6 nitrogen and oxygen atoms in total. The molecule has 1 aromatic carbocycles. The lowest BCUT2D eigenvalue weighted by Gasteiger charge is -2.15. The lowest BCUT2D eigenvalue weighted by molar-refractivity contribution is -0.142. The largest absolute Gasteiger partial charge is 0.481 e. The average molecular weight is 397 g/mol. The van der Waals surface area contributed by atoms with Gasteiger partial charge in [0.05, 0.1) is 34.6 Å². The molecule has 28 heavy (non-hydrogen) atoms. The summed E-state index contributed by atoms with van der Waals surface area (Å²) in [7, 11) is 0. The lowest BCUT2D eigenvalue weighted by atomic mass is 9.97. The van der Waals surface area contributed by atoms with E-state index in [1.165, 1.54) is 23.0 Å². The minimum absolute atomic E-state index is 0.0411. The van der Waals surface area contributed by atoms with E-state index in [-0.39, 0.29) is 23.7 Å². The first kappa shape index (κ1) is 21.5. The summed E-state index contributed by atoms with van der Waals surface area (Å²) in [6, 6.07) is 4.63. The summed E-state index contributed by atoms with van der Waals surface area (Å²) in [4.78, 5) is 23.7. The number of hydrogen-bond donors (Lipinski definition) is 2. The van der Waals surface area contributed by atoms with Crippen molar-refractivity contribution in [2.75, 3.05) is 6.54 Å². The molecular weight excluding hydrogens is 375 g/mol. The van der Waals surface area contributed by atoms with E-state index in [2.05, 4.69) is 10.4 Å². The monoisotopic (exact) mass is 397 g/mol. The number of amides is 1. The molecule has 0 saturated carbocycles. The molecule has 152 valence electrons. The van der Waals surface area contributed by atoms with Crippen molar-refractivity contribution < 1.29 is 27.9 Å². The highest BCUT2D eigenvalue weighted by Gasteiger charge is 2.31. The Labute approximate surface area is 160 Å². The van der Waals surface area contributed by atoms with Crippen LogP contribution in [0.5, 0.6) is 0 Å². The van der Waals surface area contributed by atoms with Crippen LogP contribution in [0.4, 0.5) is 13.2 Å². The van der Waals surface area contributed by atoms with E-state index in [4.69, 9.17) is 0 Å². The molecule has 0 bridgehead atoms. The van der Waals surface area contributed by atoms with Crippen molar-refractivity contribution >= 4 is 11.9 Å². The summed E-state index contributed by atoms with van der Waals surface area (Å²) in [6.07, 6.45) is -2.82. The van der Waals surface area contributed by atoms with Crippen LogP contribution < -0.4 is 5.32 Å². The summed E-state index contributed by atoms with van der Waals surface area (Å²) >= 11 is 0. The molecular formula is C19H22F3N3O3. The zero-order valence-electron chi connectivity index (χ0n) is 15.7. The Morgan fingerprint density at radius 1 is 1.29 bits per heavy atom. The van der Waals surface area contributed by atoms with Gasteiger partial charge in [-0.25, -0.2) is 4.68 Å². The number of alkyl halides is 3. The van der Waals surface area contributed by atoms with E-state index in [0.29, 0.717) is 12.1 Å². The van der Waals surface area contributed by atoms with Gasteiger partial charge in [-0.2, -0.15) is 18.3 Å². The minimum Gasteiger partial charge on any atom is -0.481 e. The first-order chi connectivity index (χ1) is 13.0. The Kier molecular flexibility index (Phi) is 6.48. The molecule has 0 aliphatic rings. The summed E-state index contributed by atoms with van der Waals surface area (Å²) < 4.78 is 40.0. The Morgan fingerprint density at radius 3 is 2.54 bits per heavy atom. The number of aromatic nitrogens is 2. The number of hydrogen-bond acceptors (Lipinski definition) is 3. The number of carbonyl (C=O) groups is 2. The molecule has 1 amide bonds. The molecule has 1 atom stereocenters. The second-order valence-electron chi connectivity index (χ2n) is 6.98. The fourth-order valence-electron chi connectivity index (χ4n) is 2.86. The molecule has 2 aromatic rings. The number of halogens is 3. The van der Waals surface area contributed by atoms with Crippen molar-refractivity contribution in [2.24, 2.45) is 11.8 Å². The predicted octanol–water partition coefficient (Wildman–Crippen LogP) is 3.68. The first-order valence-electron chi connectivity index (χ1n) is 8.74. The van der Waals surface area contributed by atoms with Crippen molar-refractivity contribution in [1.29, 1.82) is 0 Å². The third kappa shape index (κ3) is 5.11. The quantitative estimate of drug-likeness (QED) is 0.747. The standard InChI is InChI=1S/C19H22F3N3O3/c1-11(2)7-13(18(27)28)9-23-17(26)16-10-24-25(12(16)3)15-6-4-5-14(8-15)19(20,21)22/h4-6,8,10-11,13H,7,9H2,1-3H3,(H,23,26)(H,27,28). The molecule has 1 heterocycles. The van der Waals surface area contributed by atoms with Crippen molar-refractivity contribution in [3.63, 3.8) is 0 Å². The molecule has 2 N–H and O–H groups in total. The number of carboxylic acid groups (broad SMARTS) is 1. The maximum absolute atomic E-state index is 12.9. The highest BCUT2D eigenvalue weighted by molar-refractivity contribution is 5.95. The zero-order chi connectivity index (χ0) is 21.1. The van der Waals surface area contributed by atoms with Gasteiger partial charge in [-0.3, -0.25) is 9.59 Å². The predicted molar refractivity (Wildman–Crippen MR) is 96.2 cm³/mol. The molecule has 1 aromatic heterocycles. The smallest absolute Gasteiger partial charge is 0.416 e. The summed E-state index contributed by atoms with van der Waals surface area (Å²) in [6.45, 7) is 5.30. The van der Waals surface area contributed by atoms with Gasteiger partial charge in [-0.1, -0.05) is 19.9 Å². The molecule has 0 aliphatic carbocycles. The van der Waals surface area contributed by atoms with Gasteiger partial charge >= 0.3 is 12.1 Å². The molecule has 9 heteroatoms. The van der Waals surface area contributed by atoms with Crippen LogP contribution in [0, 0.1) is 18.8 Å². The number of nitrogens with zero attached hydrogens (tertiary/aromatic N) is 2. The van der Waals surface area contributed by atoms with Gasteiger partial charge in [0.2, 0.25) is 0 Å². The van der Waals surface area contributed by atoms with Gasteiger partial charge in [-0.05, 0) is 37.5 Å². The van der Waals surface area contributed by atoms with Gasteiger partial charge in [0.25, 0.3) is 5.91 Å². The van der Waals surface area contributed by atoms with Gasteiger partial charge in [0.1, 0.15) is 0 Å². The number of benzene rings is 1. The summed E-state index contributed by atoms with van der Waals surface area (Å²) in [5, 5.41) is 15.8. The second kappa shape index (κ2) is 8.45. The highest BCUT2D eigenvalue weighted by Crippen LogP contribution is 2.30. The van der Waals surface area contributed by atoms with Crippen molar-refractivity contribution in [2.45, 2.75) is 33.4 Å². The van der Waals surface area contributed by atoms with Crippen LogP contribution in [-0.4, -0.2) is 33.3 Å². The lowest BCUT2D eigenvalue weighted by Crippen LogP contribution is -2.33. The van der Waals surface area contributed by atoms with Crippen molar-refractivity contribution in [3.8, 4) is 5.69 Å². The average Bonchev–Trinajstić information content (AvgIpc) is 2.98. The molecule has 0 fully saturated rings. The Bertz CT molecular complexity index is 860. The molecule has 0 aliphatic heterocycles. The van der Waals surface area contributed by atoms with Crippen molar-refractivity contribution in [1.82, 2.24) is 15.1 Å². The van der Waals surface area contributed by atoms with Crippen LogP contribution in [0.25, 0.3) is 5.69 Å². The SMILES string of the molecule is Cc1c(C(=O)NCC(CC(C)C)C(=O)O)cnn1-c1cccc(C(F)(F)F)c1. The summed E-state index contributed by atoms with van der Waals surface area (Å²) in [5.74, 6) is -2.08. The van der Waals surface area contributed by atoms with Crippen LogP contribution in [0.1, 0.15) is 41.9 Å². The molecule has 0 radical (unpaired) electrons. The van der Waals surface area contributed by atoms with Crippen LogP contribution in [-0.2, 0) is 11.0 Å². The Balaban J connectivity index is 2.18. The van der Waals surface area contributed by atoms with Crippen molar-refractivity contribution in [3.05, 3.63) is 47.3 Å². The highest BCUT2D eigenvalue weighted by atomic mass is 19.4. The maximum atomic E-state index is 12.9. The Morgan fingerprint density at radius 2 is 1.96 bits per heavy atom. The number of aliphatic carboxylic acids is 1. The van der Waals surface area contributed by atoms with Crippen LogP contribution in [0.2, 0.25) is 0 Å². The number of nitrogens with one attached hydrogen (secondary N) is 1.